The summed E-state index contributed by atoms with van der Waals surface area (Å²) in [4.78, 5) is 16.6. The van der Waals surface area contributed by atoms with E-state index in [1.165, 1.54) is 6.42 Å². The number of likely N-dealkylation sites (N-methyl/N-ethyl adjacent to an activating group) is 1. The van der Waals surface area contributed by atoms with Crippen molar-refractivity contribution in [1.29, 1.82) is 0 Å². The first-order valence-electron chi connectivity index (χ1n) is 6.81. The smallest absolute Gasteiger partial charge is 0.176 e. The molecule has 0 aromatic heterocycles. The first kappa shape index (κ1) is 15.8. The lowest BCUT2D eigenvalue weighted by Gasteiger charge is -2.20. The summed E-state index contributed by atoms with van der Waals surface area (Å²) in [6.45, 7) is 3.64. The molecule has 0 saturated carbocycles. The molecule has 0 amide bonds. The Morgan fingerprint density at radius 2 is 2.15 bits per heavy atom. The molecule has 0 N–H and O–H groups in total. The SMILES string of the molecule is CN1CCC(CN(C)CC(=O)c2ccc(Cl)c(Cl)c2)C1. The number of Topliss-reactive ketones (excluding diaryl/α,β-unsaturated/α-hetero) is 1. The van der Waals surface area contributed by atoms with E-state index in [1.807, 2.05) is 7.05 Å². The molecule has 5 heteroatoms. The summed E-state index contributed by atoms with van der Waals surface area (Å²) in [7, 11) is 4.13. The van der Waals surface area contributed by atoms with Crippen molar-refractivity contribution in [2.24, 2.45) is 5.92 Å². The summed E-state index contributed by atoms with van der Waals surface area (Å²) >= 11 is 11.8. The van der Waals surface area contributed by atoms with Gasteiger partial charge < -0.3 is 4.90 Å². The van der Waals surface area contributed by atoms with E-state index in [4.69, 9.17) is 23.2 Å². The minimum atomic E-state index is 0.0809. The van der Waals surface area contributed by atoms with E-state index in [2.05, 4.69) is 16.8 Å². The van der Waals surface area contributed by atoms with Crippen molar-refractivity contribution in [3.8, 4) is 0 Å². The van der Waals surface area contributed by atoms with Crippen LogP contribution in [0.4, 0.5) is 0 Å². The molecule has 1 heterocycles. The molecule has 0 bridgehead atoms. The second-order valence-corrected chi connectivity index (χ2v) is 6.48. The molecule has 20 heavy (non-hydrogen) atoms. The van der Waals surface area contributed by atoms with Crippen LogP contribution in [0.25, 0.3) is 0 Å². The van der Waals surface area contributed by atoms with Crippen molar-refractivity contribution < 1.29 is 4.79 Å². The van der Waals surface area contributed by atoms with Gasteiger partial charge in [0.2, 0.25) is 0 Å². The third kappa shape index (κ3) is 4.19. The molecule has 1 aliphatic heterocycles. The quantitative estimate of drug-likeness (QED) is 0.780. The van der Waals surface area contributed by atoms with Crippen LogP contribution in [0.15, 0.2) is 18.2 Å². The number of benzene rings is 1. The van der Waals surface area contributed by atoms with Crippen LogP contribution in [0.3, 0.4) is 0 Å². The molecule has 1 aromatic rings. The minimum absolute atomic E-state index is 0.0809. The Kier molecular flexibility index (Phi) is 5.44. The summed E-state index contributed by atoms with van der Waals surface area (Å²) in [6, 6.07) is 5.04. The molecule has 3 nitrogen and oxygen atoms in total. The van der Waals surface area contributed by atoms with Gasteiger partial charge in [-0.2, -0.15) is 0 Å². The highest BCUT2D eigenvalue weighted by Crippen LogP contribution is 2.23. The highest BCUT2D eigenvalue weighted by molar-refractivity contribution is 6.42. The molecule has 1 saturated heterocycles. The van der Waals surface area contributed by atoms with Crippen molar-refractivity contribution in [3.63, 3.8) is 0 Å². The highest BCUT2D eigenvalue weighted by atomic mass is 35.5. The van der Waals surface area contributed by atoms with Gasteiger partial charge in [0.25, 0.3) is 0 Å². The largest absolute Gasteiger partial charge is 0.306 e. The summed E-state index contributed by atoms with van der Waals surface area (Å²) in [6.07, 6.45) is 1.21. The third-order valence-corrected chi connectivity index (χ3v) is 4.45. The van der Waals surface area contributed by atoms with Gasteiger partial charge in [0.1, 0.15) is 0 Å². The monoisotopic (exact) mass is 314 g/mol. The lowest BCUT2D eigenvalue weighted by Crippen LogP contribution is -2.31. The van der Waals surface area contributed by atoms with Gasteiger partial charge in [-0.05, 0) is 51.2 Å². The Labute approximate surface area is 130 Å². The Balaban J connectivity index is 1.88. The number of likely N-dealkylation sites (tertiary alicyclic amines) is 1. The average molecular weight is 315 g/mol. The predicted molar refractivity (Wildman–Crippen MR) is 83.9 cm³/mol. The van der Waals surface area contributed by atoms with Crippen molar-refractivity contribution in [2.45, 2.75) is 6.42 Å². The Morgan fingerprint density at radius 3 is 2.75 bits per heavy atom. The van der Waals surface area contributed by atoms with E-state index >= 15 is 0 Å². The summed E-state index contributed by atoms with van der Waals surface area (Å²) in [5.41, 5.74) is 0.620. The van der Waals surface area contributed by atoms with E-state index < -0.39 is 0 Å². The number of rotatable bonds is 5. The maximum Gasteiger partial charge on any atom is 0.176 e. The van der Waals surface area contributed by atoms with Crippen LogP contribution < -0.4 is 0 Å². The molecule has 1 unspecified atom stereocenters. The van der Waals surface area contributed by atoms with Crippen LogP contribution in [0, 0.1) is 5.92 Å². The van der Waals surface area contributed by atoms with E-state index in [0.717, 1.165) is 19.6 Å². The molecule has 2 rings (SSSR count). The number of hydrogen-bond donors (Lipinski definition) is 0. The molecule has 1 atom stereocenters. The summed E-state index contributed by atoms with van der Waals surface area (Å²) in [5, 5.41) is 0.906. The number of halogens is 2. The van der Waals surface area contributed by atoms with Gasteiger partial charge in [0, 0.05) is 18.7 Å². The predicted octanol–water partition coefficient (Wildman–Crippen LogP) is 3.06. The van der Waals surface area contributed by atoms with Crippen LogP contribution in [-0.4, -0.2) is 55.9 Å². The van der Waals surface area contributed by atoms with Crippen LogP contribution in [-0.2, 0) is 0 Å². The molecular formula is C15H20Cl2N2O. The van der Waals surface area contributed by atoms with Crippen LogP contribution in [0.2, 0.25) is 10.0 Å². The van der Waals surface area contributed by atoms with Crippen molar-refractivity contribution in [3.05, 3.63) is 33.8 Å². The fourth-order valence-corrected chi connectivity index (χ4v) is 2.98. The lowest BCUT2D eigenvalue weighted by atomic mass is 10.1. The number of nitrogens with zero attached hydrogens (tertiary/aromatic N) is 2. The van der Waals surface area contributed by atoms with Crippen LogP contribution in [0.5, 0.6) is 0 Å². The van der Waals surface area contributed by atoms with E-state index in [0.29, 0.717) is 28.1 Å². The van der Waals surface area contributed by atoms with Crippen LogP contribution in [0.1, 0.15) is 16.8 Å². The topological polar surface area (TPSA) is 23.6 Å². The molecule has 110 valence electrons. The number of carbonyl (C=O) groups is 1. The standard InChI is InChI=1S/C15H20Cl2N2O/c1-18-6-5-11(8-18)9-19(2)10-15(20)12-3-4-13(16)14(17)7-12/h3-4,7,11H,5-6,8-10H2,1-2H3. The zero-order chi connectivity index (χ0) is 14.7. The molecule has 1 fully saturated rings. The number of ketones is 1. The summed E-state index contributed by atoms with van der Waals surface area (Å²) in [5.74, 6) is 0.740. The van der Waals surface area contributed by atoms with E-state index in [9.17, 15) is 4.79 Å². The van der Waals surface area contributed by atoms with Gasteiger partial charge in [-0.15, -0.1) is 0 Å². The highest BCUT2D eigenvalue weighted by Gasteiger charge is 2.21. The number of hydrogen-bond acceptors (Lipinski definition) is 3. The zero-order valence-corrected chi connectivity index (χ0v) is 13.4. The molecule has 1 aromatic carbocycles. The van der Waals surface area contributed by atoms with Gasteiger partial charge in [0.05, 0.1) is 16.6 Å². The molecular weight excluding hydrogens is 295 g/mol. The molecule has 0 aliphatic carbocycles. The Bertz CT molecular complexity index is 493. The average Bonchev–Trinajstić information content (AvgIpc) is 2.77. The molecule has 1 aliphatic rings. The second-order valence-electron chi connectivity index (χ2n) is 5.67. The van der Waals surface area contributed by atoms with Gasteiger partial charge in [0.15, 0.2) is 5.78 Å². The minimum Gasteiger partial charge on any atom is -0.306 e. The summed E-state index contributed by atoms with van der Waals surface area (Å²) < 4.78 is 0. The third-order valence-electron chi connectivity index (χ3n) is 3.71. The normalized spacial score (nSPS) is 19.8. The lowest BCUT2D eigenvalue weighted by molar-refractivity contribution is 0.0938. The van der Waals surface area contributed by atoms with Gasteiger partial charge in [-0.3, -0.25) is 9.69 Å². The Hall–Kier alpha value is -0.610. The molecule has 0 radical (unpaired) electrons. The second kappa shape index (κ2) is 6.90. The maximum atomic E-state index is 12.2. The van der Waals surface area contributed by atoms with E-state index in [-0.39, 0.29) is 5.78 Å². The first-order valence-corrected chi connectivity index (χ1v) is 7.56. The number of carbonyl (C=O) groups excluding carboxylic acids is 1. The Morgan fingerprint density at radius 1 is 1.40 bits per heavy atom. The zero-order valence-electron chi connectivity index (χ0n) is 11.9. The van der Waals surface area contributed by atoms with Gasteiger partial charge in [-0.1, -0.05) is 23.2 Å². The fraction of sp³-hybridized carbons (Fsp3) is 0.533. The maximum absolute atomic E-state index is 12.2. The molecule has 0 spiro atoms. The van der Waals surface area contributed by atoms with Crippen molar-refractivity contribution >= 4 is 29.0 Å². The van der Waals surface area contributed by atoms with Crippen molar-refractivity contribution in [1.82, 2.24) is 9.80 Å². The van der Waals surface area contributed by atoms with Crippen LogP contribution >= 0.6 is 23.2 Å². The van der Waals surface area contributed by atoms with Gasteiger partial charge >= 0.3 is 0 Å². The first-order chi connectivity index (χ1) is 9.45. The fourth-order valence-electron chi connectivity index (χ4n) is 2.69. The van der Waals surface area contributed by atoms with Crippen molar-refractivity contribution in [2.75, 3.05) is 40.3 Å². The van der Waals surface area contributed by atoms with E-state index in [1.54, 1.807) is 18.2 Å². The van der Waals surface area contributed by atoms with Gasteiger partial charge in [-0.25, -0.2) is 0 Å².